The van der Waals surface area contributed by atoms with E-state index in [1.165, 1.54) is 81.1 Å². The summed E-state index contributed by atoms with van der Waals surface area (Å²) in [7, 11) is 6.13. The van der Waals surface area contributed by atoms with E-state index in [1.807, 2.05) is 23.7 Å². The van der Waals surface area contributed by atoms with Crippen molar-refractivity contribution in [3.63, 3.8) is 0 Å². The minimum absolute atomic E-state index is 0.217. The summed E-state index contributed by atoms with van der Waals surface area (Å²) in [6.07, 6.45) is 20.1. The number of nitrogens with zero attached hydrogens (tertiary/aromatic N) is 11. The predicted molar refractivity (Wildman–Crippen MR) is 339 cm³/mol. The number of anilines is 3. The highest BCUT2D eigenvalue weighted by atomic mass is 19.1. The molecule has 0 radical (unpaired) electrons. The van der Waals surface area contributed by atoms with E-state index in [0.717, 1.165) is 134 Å². The van der Waals surface area contributed by atoms with E-state index in [-0.39, 0.29) is 16.9 Å². The molecule has 0 unspecified atom stereocenters. The smallest absolute Gasteiger partial charge is 0.277 e. The molecule has 3 aromatic carbocycles. The average Bonchev–Trinajstić information content (AvgIpc) is 4.44. The molecule has 0 bridgehead atoms. The number of aromatic nitrogens is 8. The molecule has 9 N–H and O–H groups in total. The maximum atomic E-state index is 13.5. The van der Waals surface area contributed by atoms with Crippen LogP contribution in [0.5, 0.6) is 0 Å². The molecular weight excluding hydrogens is 1130 g/mol. The number of hydroxylamine groups is 3. The van der Waals surface area contributed by atoms with Gasteiger partial charge in [-0.15, -0.1) is 0 Å². The van der Waals surface area contributed by atoms with Crippen LogP contribution < -0.4 is 47.1 Å². The molecule has 6 aromatic heterocycles. The fraction of sp³-hybridized carbons (Fsp3) is 0.385. The molecule has 24 heteroatoms. The van der Waals surface area contributed by atoms with Crippen LogP contribution in [0, 0.1) is 30.5 Å². The van der Waals surface area contributed by atoms with E-state index in [9.17, 15) is 18.8 Å². The Balaban J connectivity index is 0.000000147. The maximum absolute atomic E-state index is 13.5. The van der Waals surface area contributed by atoms with Gasteiger partial charge in [0, 0.05) is 157 Å². The number of carbonyl (C=O) groups excluding carboxylic acids is 3. The van der Waals surface area contributed by atoms with Crippen LogP contribution in [-0.4, -0.2) is 131 Å². The Hall–Kier alpha value is -8.91. The predicted octanol–water partition coefficient (Wildman–Crippen LogP) is 7.33. The number of rotatable bonds is 18. The summed E-state index contributed by atoms with van der Waals surface area (Å²) in [5, 5.41) is 40.6. The minimum atomic E-state index is -0.623. The van der Waals surface area contributed by atoms with Gasteiger partial charge in [-0.3, -0.25) is 30.0 Å². The summed E-state index contributed by atoms with van der Waals surface area (Å²) < 4.78 is 19.8. The molecule has 0 spiro atoms. The van der Waals surface area contributed by atoms with Gasteiger partial charge in [0.2, 0.25) is 11.9 Å². The zero-order chi connectivity index (χ0) is 62.4. The number of amides is 3. The second-order valence-corrected chi connectivity index (χ2v) is 23.5. The van der Waals surface area contributed by atoms with Gasteiger partial charge >= 0.3 is 0 Å². The van der Waals surface area contributed by atoms with E-state index in [1.54, 1.807) is 28.6 Å². The Bertz CT molecular complexity index is 3650. The molecule has 3 aliphatic heterocycles. The third-order valence-corrected chi connectivity index (χ3v) is 17.3. The van der Waals surface area contributed by atoms with Gasteiger partial charge in [0.15, 0.2) is 0 Å². The maximum Gasteiger partial charge on any atom is 0.277 e. The number of aryl methyl sites for hydroxylation is 4. The first-order valence-corrected chi connectivity index (χ1v) is 30.4. The molecule has 468 valence electrons. The first-order valence-electron chi connectivity index (χ1n) is 30.4. The third-order valence-electron chi connectivity index (χ3n) is 17.3. The standard InChI is InChI=1S/C22H28N6O2.C22H27N5O2.C21H25FN6O2/c1-15-3-4-19-18(14-27(2)20(19)9-15)11-23-10-16-5-7-28(8-6-16)22-24-12-17(13-25-22)21(29)26-30;1-26-15-18(19-4-2-3-5-20(19)26)13-23-12-16-8-10-27(11-9-16)21-7-6-17(14-24-21)22(28)25-29;1-27-13-16(18-3-2-17(22)8-19(18)27)10-23-9-14-4-6-28(7-5-14)21-24-11-15(12-25-21)20(29)26-30/h3-4,9,12-14,16,23,30H,5-8,10-11H2,1-2H3,(H,26,29);2-7,14-16,23,29H,8-13H2,1H3,(H,25,28);2-3,8,11-14,23,30H,4-7,9-10H2,1H3,(H,26,29). The van der Waals surface area contributed by atoms with Crippen LogP contribution in [0.2, 0.25) is 0 Å². The highest BCUT2D eigenvalue weighted by molar-refractivity contribution is 5.94. The Labute approximate surface area is 516 Å². The Morgan fingerprint density at radius 2 is 0.865 bits per heavy atom. The van der Waals surface area contributed by atoms with Crippen molar-refractivity contribution in [2.75, 3.05) is 73.6 Å². The highest BCUT2D eigenvalue weighted by Crippen LogP contribution is 2.27. The first-order chi connectivity index (χ1) is 43.2. The Morgan fingerprint density at radius 1 is 0.472 bits per heavy atom. The van der Waals surface area contributed by atoms with Crippen LogP contribution in [0.4, 0.5) is 22.1 Å². The normalized spacial score (nSPS) is 15.0. The van der Waals surface area contributed by atoms with Gasteiger partial charge in [0.05, 0.1) is 22.2 Å². The van der Waals surface area contributed by atoms with Crippen LogP contribution in [0.15, 0.2) is 122 Å². The number of carbonyl (C=O) groups is 3. The van der Waals surface area contributed by atoms with E-state index < -0.39 is 17.7 Å². The monoisotopic (exact) mass is 1210 g/mol. The number of pyridine rings is 1. The van der Waals surface area contributed by atoms with Crippen molar-refractivity contribution in [3.8, 4) is 0 Å². The fourth-order valence-electron chi connectivity index (χ4n) is 12.2. The van der Waals surface area contributed by atoms with Gasteiger partial charge in [-0.25, -0.2) is 45.8 Å². The molecule has 0 atom stereocenters. The van der Waals surface area contributed by atoms with Crippen LogP contribution in [0.3, 0.4) is 0 Å². The molecule has 3 fully saturated rings. The number of benzene rings is 3. The van der Waals surface area contributed by atoms with Gasteiger partial charge in [0.1, 0.15) is 11.6 Å². The molecule has 3 aliphatic rings. The Kier molecular flexibility index (Phi) is 21.2. The second kappa shape index (κ2) is 29.9. The van der Waals surface area contributed by atoms with Crippen LogP contribution in [0.25, 0.3) is 32.7 Å². The van der Waals surface area contributed by atoms with Gasteiger partial charge in [-0.2, -0.15) is 0 Å². The minimum Gasteiger partial charge on any atom is -0.357 e. The zero-order valence-corrected chi connectivity index (χ0v) is 50.9. The number of halogens is 1. The molecule has 9 heterocycles. The number of nitrogens with one attached hydrogen (secondary N) is 6. The molecule has 12 rings (SSSR count). The number of hydrogen-bond acceptors (Lipinski definition) is 17. The summed E-state index contributed by atoms with van der Waals surface area (Å²) >= 11 is 0. The lowest BCUT2D eigenvalue weighted by atomic mass is 9.96. The van der Waals surface area contributed by atoms with Gasteiger partial charge in [0.25, 0.3) is 17.7 Å². The van der Waals surface area contributed by atoms with Crippen LogP contribution >= 0.6 is 0 Å². The third kappa shape index (κ3) is 15.9. The van der Waals surface area contributed by atoms with Crippen LogP contribution in [-0.2, 0) is 40.8 Å². The number of piperidine rings is 3. The van der Waals surface area contributed by atoms with Crippen molar-refractivity contribution in [2.45, 2.75) is 65.1 Å². The number of fused-ring (bicyclic) bond motifs is 3. The van der Waals surface area contributed by atoms with Crippen LogP contribution in [0.1, 0.15) is 91.9 Å². The lowest BCUT2D eigenvalue weighted by Gasteiger charge is -2.33. The van der Waals surface area contributed by atoms with Crippen molar-refractivity contribution in [3.05, 3.63) is 167 Å². The zero-order valence-electron chi connectivity index (χ0n) is 50.9. The topological polar surface area (TPSA) is 273 Å². The second-order valence-electron chi connectivity index (χ2n) is 23.5. The average molecular weight is 1210 g/mol. The SMILES string of the molecule is Cc1ccc2c(CNCC3CCN(c4ncc(C(=O)NO)cn4)CC3)cn(C)c2c1.Cn1cc(CNCC2CCN(c3ccc(C(=O)NO)cn3)CC2)c2ccccc21.Cn1cc(CNCC2CCN(c3ncc(C(=O)NO)cn3)CC2)c2ccc(F)cc21. The van der Waals surface area contributed by atoms with Crippen molar-refractivity contribution >= 4 is 68.1 Å². The van der Waals surface area contributed by atoms with Gasteiger partial charge in [-0.1, -0.05) is 30.3 Å². The highest BCUT2D eigenvalue weighted by Gasteiger charge is 2.25. The quantitative estimate of drug-likeness (QED) is 0.0300. The number of hydrogen-bond donors (Lipinski definition) is 9. The van der Waals surface area contributed by atoms with E-state index in [4.69, 9.17) is 15.6 Å². The summed E-state index contributed by atoms with van der Waals surface area (Å²) in [6.45, 7) is 13.0. The molecule has 3 saturated heterocycles. The lowest BCUT2D eigenvalue weighted by molar-refractivity contribution is 0.0701. The van der Waals surface area contributed by atoms with E-state index >= 15 is 0 Å². The van der Waals surface area contributed by atoms with E-state index in [0.29, 0.717) is 35.2 Å². The summed E-state index contributed by atoms with van der Waals surface area (Å²) in [6, 6.07) is 23.6. The van der Waals surface area contributed by atoms with Crippen molar-refractivity contribution in [1.29, 1.82) is 0 Å². The number of para-hydroxylation sites is 1. The van der Waals surface area contributed by atoms with Crippen molar-refractivity contribution < 1.29 is 34.4 Å². The van der Waals surface area contributed by atoms with Crippen molar-refractivity contribution in [2.24, 2.45) is 38.9 Å². The molecule has 89 heavy (non-hydrogen) atoms. The summed E-state index contributed by atoms with van der Waals surface area (Å²) in [4.78, 5) is 62.0. The first kappa shape index (κ1) is 63.1. The summed E-state index contributed by atoms with van der Waals surface area (Å²) in [5.74, 6) is 1.95. The molecule has 0 saturated carbocycles. The summed E-state index contributed by atoms with van der Waals surface area (Å²) in [5.41, 5.74) is 14.2. The fourth-order valence-corrected chi connectivity index (χ4v) is 12.2. The van der Waals surface area contributed by atoms with Crippen molar-refractivity contribution in [1.82, 2.24) is 71.0 Å². The van der Waals surface area contributed by atoms with Gasteiger partial charge in [-0.05, 0) is 148 Å². The molecule has 0 aliphatic carbocycles. The molecule has 3 amide bonds. The molecule has 23 nitrogen and oxygen atoms in total. The molecule has 9 aromatic rings. The van der Waals surface area contributed by atoms with E-state index in [2.05, 4.69) is 147 Å². The largest absolute Gasteiger partial charge is 0.357 e. The lowest BCUT2D eigenvalue weighted by Crippen LogP contribution is -2.38. The van der Waals surface area contributed by atoms with Gasteiger partial charge < -0.3 is 44.4 Å². The Morgan fingerprint density at radius 3 is 1.31 bits per heavy atom. The molecular formula is C65H80FN17O6.